The fourth-order valence-electron chi connectivity index (χ4n) is 5.71. The van der Waals surface area contributed by atoms with Crippen LogP contribution in [-0.4, -0.2) is 70.9 Å². The molecule has 2 aliphatic heterocycles. The number of nitrogens with one attached hydrogen (secondary N) is 1. The molecule has 2 N–H and O–H groups in total. The van der Waals surface area contributed by atoms with Crippen molar-refractivity contribution in [3.05, 3.63) is 121 Å². The van der Waals surface area contributed by atoms with Crippen molar-refractivity contribution < 1.29 is 20.4 Å². The molecule has 0 aliphatic carbocycles. The average molecular weight is 684 g/mol. The lowest BCUT2D eigenvalue weighted by Gasteiger charge is -2.50. The second-order valence-electron chi connectivity index (χ2n) is 14.7. The quantitative estimate of drug-likeness (QED) is 0.145. The summed E-state index contributed by atoms with van der Waals surface area (Å²) in [5, 5.41) is 13.8. The fraction of sp³-hybridized carbons (Fsp3) is 0.390. The summed E-state index contributed by atoms with van der Waals surface area (Å²) in [6, 6.07) is 29.0. The average Bonchev–Trinajstić information content (AvgIpc) is 3.08. The number of pyridine rings is 1. The van der Waals surface area contributed by atoms with Gasteiger partial charge in [0.15, 0.2) is 0 Å². The molecule has 2 saturated heterocycles. The molecule has 0 bridgehead atoms. The van der Waals surface area contributed by atoms with Crippen LogP contribution in [0.25, 0.3) is 0 Å². The summed E-state index contributed by atoms with van der Waals surface area (Å²) < 4.78 is 27.5. The van der Waals surface area contributed by atoms with E-state index in [0.717, 1.165) is 50.4 Å². The van der Waals surface area contributed by atoms with Crippen molar-refractivity contribution >= 4 is 17.1 Å². The van der Waals surface area contributed by atoms with Gasteiger partial charge in [-0.05, 0) is 53.8 Å². The molecular formula is C41H54FN5O3. The van der Waals surface area contributed by atoms with Crippen molar-refractivity contribution in [3.8, 4) is 11.8 Å². The number of ether oxygens (including phenoxy) is 2. The van der Waals surface area contributed by atoms with Crippen molar-refractivity contribution in [2.24, 2.45) is 5.41 Å². The molecule has 2 fully saturated rings. The maximum Gasteiger partial charge on any atom is 0.241 e. The molecule has 0 amide bonds. The minimum Gasteiger partial charge on any atom is -0.473 e. The predicted octanol–water partition coefficient (Wildman–Crippen LogP) is 8.12. The molecule has 0 spiro atoms. The van der Waals surface area contributed by atoms with Crippen LogP contribution in [0.2, 0.25) is 0 Å². The van der Waals surface area contributed by atoms with E-state index in [9.17, 15) is 5.11 Å². The molecule has 1 unspecified atom stereocenters. The number of hydrogen-bond acceptors (Lipinski definition) is 8. The molecule has 0 radical (unpaired) electrons. The van der Waals surface area contributed by atoms with Gasteiger partial charge in [-0.25, -0.2) is 4.39 Å². The van der Waals surface area contributed by atoms with Gasteiger partial charge in [-0.15, -0.1) is 0 Å². The topological polar surface area (TPSA) is 73.3 Å². The number of aliphatic hydroxyl groups is 1. The van der Waals surface area contributed by atoms with E-state index < -0.39 is 5.72 Å². The van der Waals surface area contributed by atoms with Crippen LogP contribution in [0.3, 0.4) is 0 Å². The molecule has 3 heterocycles. The maximum absolute atomic E-state index is 15.4. The number of halogens is 1. The summed E-state index contributed by atoms with van der Waals surface area (Å²) in [6.45, 7) is 19.8. The molecular weight excluding hydrogens is 629 g/mol. The molecule has 2 aliphatic rings. The second-order valence-corrected chi connectivity index (χ2v) is 14.7. The summed E-state index contributed by atoms with van der Waals surface area (Å²) >= 11 is 0. The van der Waals surface area contributed by atoms with Crippen LogP contribution in [0, 0.1) is 11.2 Å². The summed E-state index contributed by atoms with van der Waals surface area (Å²) in [5.74, 6) is 0.524. The molecule has 1 aromatic heterocycles. The number of piperazine rings is 1. The first-order chi connectivity index (χ1) is 23.9. The third-order valence-corrected chi connectivity index (χ3v) is 8.57. The van der Waals surface area contributed by atoms with Gasteiger partial charge in [0.2, 0.25) is 11.8 Å². The first-order valence-corrected chi connectivity index (χ1v) is 17.4. The minimum absolute atomic E-state index is 0. The van der Waals surface area contributed by atoms with E-state index in [2.05, 4.69) is 54.4 Å². The van der Waals surface area contributed by atoms with Gasteiger partial charge in [-0.1, -0.05) is 94.9 Å². The van der Waals surface area contributed by atoms with E-state index in [0.29, 0.717) is 53.5 Å². The van der Waals surface area contributed by atoms with Crippen molar-refractivity contribution in [1.82, 2.24) is 14.8 Å². The molecule has 9 heteroatoms. The largest absolute Gasteiger partial charge is 0.473 e. The zero-order valence-corrected chi connectivity index (χ0v) is 30.1. The first kappa shape index (κ1) is 36.8. The summed E-state index contributed by atoms with van der Waals surface area (Å²) in [4.78, 5) is 11.2. The number of hydrogen-bond donors (Lipinski definition) is 2. The molecule has 50 heavy (non-hydrogen) atoms. The van der Waals surface area contributed by atoms with E-state index in [1.165, 1.54) is 6.07 Å². The predicted molar refractivity (Wildman–Crippen MR) is 203 cm³/mol. The Morgan fingerprint density at radius 1 is 0.860 bits per heavy atom. The van der Waals surface area contributed by atoms with Gasteiger partial charge in [0.05, 0.1) is 5.69 Å². The summed E-state index contributed by atoms with van der Waals surface area (Å²) in [6.07, 6.45) is 1.58. The Balaban J connectivity index is 0.000000909. The van der Waals surface area contributed by atoms with Crippen LogP contribution in [0.15, 0.2) is 104 Å². The zero-order chi connectivity index (χ0) is 35.7. The smallest absolute Gasteiger partial charge is 0.241 e. The standard InChI is InChI=1S/C36H40FN5O3.C5H12.H2/c1-3-36(2,43)42-20-18-40(19-21-42)30-23-41(24-30)33-16-14-29(22-31(33)37)38-32-15-17-34(44-25-27-10-6-4-7-11-27)39-35(32)45-26-28-12-8-5-9-13-28;1-5(2,3)4;/h3-17,22,30,38,43H,1,18-21,23-26H2,2H3;1-4H3;1H. The van der Waals surface area contributed by atoms with Crippen LogP contribution in [0.5, 0.6) is 11.8 Å². The van der Waals surface area contributed by atoms with Crippen molar-refractivity contribution in [3.63, 3.8) is 0 Å². The Hall–Kier alpha value is -4.44. The van der Waals surface area contributed by atoms with Crippen LogP contribution < -0.4 is 19.7 Å². The third kappa shape index (κ3) is 10.5. The monoisotopic (exact) mass is 683 g/mol. The number of rotatable bonds is 12. The molecule has 0 saturated carbocycles. The highest BCUT2D eigenvalue weighted by atomic mass is 19.1. The van der Waals surface area contributed by atoms with Gasteiger partial charge in [0.1, 0.15) is 30.4 Å². The summed E-state index contributed by atoms with van der Waals surface area (Å²) in [7, 11) is 0. The Kier molecular flexibility index (Phi) is 12.2. The zero-order valence-electron chi connectivity index (χ0n) is 30.1. The molecule has 268 valence electrons. The Morgan fingerprint density at radius 3 is 2.00 bits per heavy atom. The lowest BCUT2D eigenvalue weighted by atomic mass is 10.0. The van der Waals surface area contributed by atoms with E-state index >= 15 is 4.39 Å². The SMILES string of the molecule is C=CC(C)(O)N1CCN(C2CN(c3ccc(Nc4ccc(OCc5ccccc5)nc4OCc4ccccc4)cc3F)C2)CC1.CC(C)(C)C.[HH]. The number of anilines is 3. The van der Waals surface area contributed by atoms with Gasteiger partial charge >= 0.3 is 0 Å². The van der Waals surface area contributed by atoms with Crippen LogP contribution in [0.1, 0.15) is 47.2 Å². The maximum atomic E-state index is 15.4. The van der Waals surface area contributed by atoms with Crippen molar-refractivity contribution in [2.75, 3.05) is 49.5 Å². The number of benzene rings is 3. The first-order valence-electron chi connectivity index (χ1n) is 17.4. The summed E-state index contributed by atoms with van der Waals surface area (Å²) in [5.41, 5.74) is 3.37. The fourth-order valence-corrected chi connectivity index (χ4v) is 5.71. The number of aromatic nitrogens is 1. The third-order valence-electron chi connectivity index (χ3n) is 8.57. The Labute approximate surface area is 298 Å². The van der Waals surface area contributed by atoms with Gasteiger partial charge in [0, 0.05) is 58.5 Å². The highest BCUT2D eigenvalue weighted by Crippen LogP contribution is 2.33. The van der Waals surface area contributed by atoms with Gasteiger partial charge in [-0.3, -0.25) is 9.80 Å². The Morgan fingerprint density at radius 2 is 1.44 bits per heavy atom. The molecule has 4 aromatic rings. The highest BCUT2D eigenvalue weighted by Gasteiger charge is 2.37. The normalized spacial score (nSPS) is 16.7. The van der Waals surface area contributed by atoms with Gasteiger partial charge < -0.3 is 24.8 Å². The minimum atomic E-state index is -0.986. The number of nitrogens with zero attached hydrogens (tertiary/aromatic N) is 4. The van der Waals surface area contributed by atoms with E-state index in [1.807, 2.05) is 83.8 Å². The van der Waals surface area contributed by atoms with Crippen LogP contribution in [-0.2, 0) is 13.2 Å². The Bertz CT molecular complexity index is 1670. The van der Waals surface area contributed by atoms with E-state index in [-0.39, 0.29) is 7.24 Å². The van der Waals surface area contributed by atoms with E-state index in [1.54, 1.807) is 19.1 Å². The van der Waals surface area contributed by atoms with E-state index in [4.69, 9.17) is 9.47 Å². The van der Waals surface area contributed by atoms with Crippen molar-refractivity contribution in [1.29, 1.82) is 0 Å². The van der Waals surface area contributed by atoms with Crippen molar-refractivity contribution in [2.45, 2.75) is 59.6 Å². The van der Waals surface area contributed by atoms with Gasteiger partial charge in [-0.2, -0.15) is 4.98 Å². The highest BCUT2D eigenvalue weighted by molar-refractivity contribution is 5.67. The molecule has 8 nitrogen and oxygen atoms in total. The molecule has 1 atom stereocenters. The molecule has 3 aromatic carbocycles. The van der Waals surface area contributed by atoms with Gasteiger partial charge in [0.25, 0.3) is 0 Å². The lowest BCUT2D eigenvalue weighted by Crippen LogP contribution is -2.65. The van der Waals surface area contributed by atoms with Crippen LogP contribution >= 0.6 is 0 Å². The van der Waals surface area contributed by atoms with Crippen LogP contribution in [0.4, 0.5) is 21.5 Å². The molecule has 6 rings (SSSR count). The second kappa shape index (κ2) is 16.5. The lowest BCUT2D eigenvalue weighted by molar-refractivity contribution is -0.0792.